The van der Waals surface area contributed by atoms with E-state index in [0.29, 0.717) is 5.69 Å². The topological polar surface area (TPSA) is 69.6 Å². The van der Waals surface area contributed by atoms with Crippen LogP contribution in [-0.2, 0) is 12.7 Å². The van der Waals surface area contributed by atoms with E-state index in [4.69, 9.17) is 5.73 Å². The van der Waals surface area contributed by atoms with Crippen LogP contribution in [0.3, 0.4) is 0 Å². The highest BCUT2D eigenvalue weighted by Gasteiger charge is 2.33. The van der Waals surface area contributed by atoms with E-state index in [2.05, 4.69) is 15.1 Å². The average Bonchev–Trinajstić information content (AvgIpc) is 2.69. The molecule has 0 atom stereocenters. The Kier molecular flexibility index (Phi) is 2.70. The van der Waals surface area contributed by atoms with Gasteiger partial charge >= 0.3 is 6.18 Å². The first kappa shape index (κ1) is 11.4. The van der Waals surface area contributed by atoms with Crippen LogP contribution in [0.4, 0.5) is 19.0 Å². The van der Waals surface area contributed by atoms with Crippen LogP contribution in [0.1, 0.15) is 11.4 Å². The maximum Gasteiger partial charge on any atom is 0.435 e. The third-order valence-corrected chi connectivity index (χ3v) is 1.98. The zero-order valence-corrected chi connectivity index (χ0v) is 8.52. The molecule has 0 amide bonds. The Balaban J connectivity index is 2.14. The molecule has 2 aromatic heterocycles. The van der Waals surface area contributed by atoms with Gasteiger partial charge in [0.15, 0.2) is 5.69 Å². The molecule has 0 saturated carbocycles. The number of nitrogens with zero attached hydrogens (tertiary/aromatic N) is 4. The second kappa shape index (κ2) is 4.04. The highest BCUT2D eigenvalue weighted by Crippen LogP contribution is 2.27. The number of aromatic nitrogens is 4. The Morgan fingerprint density at radius 3 is 2.53 bits per heavy atom. The van der Waals surface area contributed by atoms with Crippen molar-refractivity contribution in [1.82, 2.24) is 19.7 Å². The molecule has 2 aromatic rings. The van der Waals surface area contributed by atoms with Crippen molar-refractivity contribution in [2.24, 2.45) is 0 Å². The van der Waals surface area contributed by atoms with Crippen LogP contribution < -0.4 is 5.73 Å². The van der Waals surface area contributed by atoms with Crippen molar-refractivity contribution in [3.05, 3.63) is 36.0 Å². The summed E-state index contributed by atoms with van der Waals surface area (Å²) < 4.78 is 38.0. The number of rotatable bonds is 2. The van der Waals surface area contributed by atoms with E-state index >= 15 is 0 Å². The molecular formula is C9H8F3N5. The van der Waals surface area contributed by atoms with Crippen molar-refractivity contribution in [3.63, 3.8) is 0 Å². The molecule has 2 heterocycles. The molecule has 0 aliphatic heterocycles. The van der Waals surface area contributed by atoms with E-state index in [1.165, 1.54) is 18.6 Å². The lowest BCUT2D eigenvalue weighted by Crippen LogP contribution is -2.09. The van der Waals surface area contributed by atoms with Gasteiger partial charge in [0, 0.05) is 6.20 Å². The summed E-state index contributed by atoms with van der Waals surface area (Å²) in [5.41, 5.74) is 4.89. The van der Waals surface area contributed by atoms with Crippen molar-refractivity contribution in [2.45, 2.75) is 12.7 Å². The molecule has 2 N–H and O–H groups in total. The molecule has 90 valence electrons. The van der Waals surface area contributed by atoms with Crippen LogP contribution in [0, 0.1) is 0 Å². The fourth-order valence-electron chi connectivity index (χ4n) is 1.21. The Morgan fingerprint density at radius 1 is 1.24 bits per heavy atom. The van der Waals surface area contributed by atoms with Crippen LogP contribution in [0.2, 0.25) is 0 Å². The summed E-state index contributed by atoms with van der Waals surface area (Å²) in [6.45, 7) is 0.114. The lowest BCUT2D eigenvalue weighted by atomic mass is 10.4. The largest absolute Gasteiger partial charge is 0.435 e. The van der Waals surface area contributed by atoms with Crippen molar-refractivity contribution in [2.75, 3.05) is 5.73 Å². The van der Waals surface area contributed by atoms with Crippen molar-refractivity contribution in [3.8, 4) is 0 Å². The summed E-state index contributed by atoms with van der Waals surface area (Å²) in [6.07, 6.45) is -0.466. The highest BCUT2D eigenvalue weighted by atomic mass is 19.4. The monoisotopic (exact) mass is 243 g/mol. The van der Waals surface area contributed by atoms with Gasteiger partial charge in [-0.25, -0.2) is 4.98 Å². The molecule has 17 heavy (non-hydrogen) atoms. The molecule has 8 heteroatoms. The summed E-state index contributed by atoms with van der Waals surface area (Å²) in [5, 5.41) is 3.39. The molecule has 2 rings (SSSR count). The van der Waals surface area contributed by atoms with E-state index in [9.17, 15) is 13.2 Å². The average molecular weight is 243 g/mol. The van der Waals surface area contributed by atoms with Gasteiger partial charge in [0.05, 0.1) is 24.6 Å². The number of alkyl halides is 3. The molecule has 0 spiro atoms. The summed E-state index contributed by atoms with van der Waals surface area (Å²) in [4.78, 5) is 7.70. The van der Waals surface area contributed by atoms with Gasteiger partial charge < -0.3 is 5.73 Å². The van der Waals surface area contributed by atoms with Crippen molar-refractivity contribution >= 4 is 5.82 Å². The minimum Gasteiger partial charge on any atom is -0.382 e. The minimum absolute atomic E-state index is 0.114. The summed E-state index contributed by atoms with van der Waals surface area (Å²) >= 11 is 0. The Bertz CT molecular complexity index is 502. The van der Waals surface area contributed by atoms with E-state index in [0.717, 1.165) is 10.7 Å². The number of halogens is 3. The minimum atomic E-state index is -4.43. The van der Waals surface area contributed by atoms with E-state index < -0.39 is 11.9 Å². The van der Waals surface area contributed by atoms with Crippen molar-refractivity contribution in [1.29, 1.82) is 0 Å². The smallest absolute Gasteiger partial charge is 0.382 e. The van der Waals surface area contributed by atoms with Gasteiger partial charge in [-0.05, 0) is 6.07 Å². The van der Waals surface area contributed by atoms with Crippen LogP contribution >= 0.6 is 0 Å². The van der Waals surface area contributed by atoms with Crippen LogP contribution in [0.25, 0.3) is 0 Å². The molecule has 0 saturated heterocycles. The van der Waals surface area contributed by atoms with Gasteiger partial charge in [-0.2, -0.15) is 18.3 Å². The molecule has 0 bridgehead atoms. The maximum atomic E-state index is 12.3. The molecule has 0 radical (unpaired) electrons. The highest BCUT2D eigenvalue weighted by molar-refractivity contribution is 5.22. The van der Waals surface area contributed by atoms with Gasteiger partial charge in [0.1, 0.15) is 5.82 Å². The third-order valence-electron chi connectivity index (χ3n) is 1.98. The van der Waals surface area contributed by atoms with Crippen LogP contribution in [0.15, 0.2) is 24.7 Å². The zero-order chi connectivity index (χ0) is 12.5. The first-order chi connectivity index (χ1) is 7.95. The quantitative estimate of drug-likeness (QED) is 0.863. The Labute approximate surface area is 94.1 Å². The third kappa shape index (κ3) is 2.71. The lowest BCUT2D eigenvalue weighted by molar-refractivity contribution is -0.141. The Hall–Kier alpha value is -2.12. The Morgan fingerprint density at radius 2 is 2.00 bits per heavy atom. The number of hydrogen-bond donors (Lipinski definition) is 1. The predicted molar refractivity (Wildman–Crippen MR) is 52.8 cm³/mol. The first-order valence-electron chi connectivity index (χ1n) is 4.62. The maximum absolute atomic E-state index is 12.3. The van der Waals surface area contributed by atoms with Gasteiger partial charge in [0.2, 0.25) is 0 Å². The summed E-state index contributed by atoms with van der Waals surface area (Å²) in [6, 6.07) is 0.907. The zero-order valence-electron chi connectivity index (χ0n) is 8.52. The molecule has 0 unspecified atom stereocenters. The van der Waals surface area contributed by atoms with Crippen LogP contribution in [-0.4, -0.2) is 19.7 Å². The molecular weight excluding hydrogens is 235 g/mol. The fraction of sp³-hybridized carbons (Fsp3) is 0.222. The fourth-order valence-corrected chi connectivity index (χ4v) is 1.21. The van der Waals surface area contributed by atoms with Crippen LogP contribution in [0.5, 0.6) is 0 Å². The lowest BCUT2D eigenvalue weighted by Gasteiger charge is -2.02. The van der Waals surface area contributed by atoms with Gasteiger partial charge in [-0.1, -0.05) is 0 Å². The normalized spacial score (nSPS) is 11.7. The number of nitrogens with two attached hydrogens (primary N) is 1. The predicted octanol–water partition coefficient (Wildman–Crippen LogP) is 1.32. The molecule has 5 nitrogen and oxygen atoms in total. The first-order valence-corrected chi connectivity index (χ1v) is 4.62. The number of hydrogen-bond acceptors (Lipinski definition) is 4. The number of nitrogen functional groups attached to an aromatic ring is 1. The van der Waals surface area contributed by atoms with E-state index in [1.54, 1.807) is 0 Å². The second-order valence-corrected chi connectivity index (χ2v) is 3.33. The molecule has 0 fully saturated rings. The summed E-state index contributed by atoms with van der Waals surface area (Å²) in [5.74, 6) is 0.255. The standard InChI is InChI=1S/C9H8F3N5/c10-9(11,12)7-1-2-17(16-7)5-6-3-15-8(13)4-14-6/h1-4H,5H2,(H2,13,15). The SMILES string of the molecule is Nc1cnc(Cn2ccc(C(F)(F)F)n2)cn1. The molecule has 0 aromatic carbocycles. The molecule has 0 aliphatic rings. The number of anilines is 1. The second-order valence-electron chi connectivity index (χ2n) is 3.33. The summed E-state index contributed by atoms with van der Waals surface area (Å²) in [7, 11) is 0. The van der Waals surface area contributed by atoms with E-state index in [1.807, 2.05) is 0 Å². The van der Waals surface area contributed by atoms with Gasteiger partial charge in [0.25, 0.3) is 0 Å². The van der Waals surface area contributed by atoms with Gasteiger partial charge in [-0.15, -0.1) is 0 Å². The van der Waals surface area contributed by atoms with Gasteiger partial charge in [-0.3, -0.25) is 9.67 Å². The van der Waals surface area contributed by atoms with Crippen molar-refractivity contribution < 1.29 is 13.2 Å². The molecule has 0 aliphatic carbocycles. The van der Waals surface area contributed by atoms with E-state index in [-0.39, 0.29) is 12.4 Å².